The highest BCUT2D eigenvalue weighted by Gasteiger charge is 2.26. The predicted octanol–water partition coefficient (Wildman–Crippen LogP) is 4.30. The lowest BCUT2D eigenvalue weighted by atomic mass is 9.89. The van der Waals surface area contributed by atoms with Gasteiger partial charge in [-0.1, -0.05) is 36.1 Å². The maximum Gasteiger partial charge on any atom is 0.167 e. The maximum absolute atomic E-state index is 13.1. The minimum atomic E-state index is 0.0247. The summed E-state index contributed by atoms with van der Waals surface area (Å²) in [4.78, 5) is 15.5. The molecule has 1 N–H and O–H groups in total. The number of Topliss-reactive ketones (excluding diaryl/α,β-unsaturated/α-hetero) is 1. The third-order valence-corrected chi connectivity index (χ3v) is 5.20. The van der Waals surface area contributed by atoms with E-state index in [1.807, 2.05) is 50.2 Å². The van der Waals surface area contributed by atoms with Gasteiger partial charge in [0.05, 0.1) is 12.7 Å². The van der Waals surface area contributed by atoms with E-state index in [9.17, 15) is 4.79 Å². The molecule has 0 aliphatic carbocycles. The number of carbonyl (C=O) groups excluding carboxylic acids is 1. The van der Waals surface area contributed by atoms with Crippen molar-refractivity contribution in [3.8, 4) is 17.6 Å². The number of likely N-dealkylation sites (tertiary alicyclic amines) is 1. The number of hydrogen-bond donors (Lipinski definition) is 1. The van der Waals surface area contributed by atoms with Crippen molar-refractivity contribution in [2.75, 3.05) is 19.7 Å². The molecule has 0 saturated carbocycles. The fourth-order valence-electron chi connectivity index (χ4n) is 3.82. The molecule has 0 amide bonds. The van der Waals surface area contributed by atoms with E-state index in [4.69, 9.17) is 9.84 Å². The van der Waals surface area contributed by atoms with Gasteiger partial charge in [-0.2, -0.15) is 0 Å². The normalized spacial score (nSPS) is 16.7. The second-order valence-corrected chi connectivity index (χ2v) is 8.11. The molecule has 1 saturated heterocycles. The first-order valence-corrected chi connectivity index (χ1v) is 10.8. The van der Waals surface area contributed by atoms with Gasteiger partial charge < -0.3 is 9.84 Å². The highest BCUT2D eigenvalue weighted by molar-refractivity contribution is 5.98. The Morgan fingerprint density at radius 3 is 2.77 bits per heavy atom. The number of nitrogens with zero attached hydrogens (tertiary/aromatic N) is 1. The number of rotatable bonds is 7. The number of ketones is 1. The first kappa shape index (κ1) is 22.1. The van der Waals surface area contributed by atoms with Gasteiger partial charge in [-0.25, -0.2) is 0 Å². The number of carbonyl (C=O) groups is 1. The summed E-state index contributed by atoms with van der Waals surface area (Å²) in [6, 6.07) is 15.8. The fraction of sp³-hybridized carbons (Fsp3) is 0.423. The summed E-state index contributed by atoms with van der Waals surface area (Å²) in [6.07, 6.45) is 2.55. The Bertz CT molecular complexity index is 892. The summed E-state index contributed by atoms with van der Waals surface area (Å²) in [7, 11) is 0. The lowest BCUT2D eigenvalue weighted by Crippen LogP contribution is -2.38. The molecule has 3 rings (SSSR count). The van der Waals surface area contributed by atoms with Crippen molar-refractivity contribution in [2.45, 2.75) is 45.8 Å². The summed E-state index contributed by atoms with van der Waals surface area (Å²) in [5.41, 5.74) is 2.93. The van der Waals surface area contributed by atoms with Gasteiger partial charge in [0.15, 0.2) is 5.78 Å². The Labute approximate surface area is 179 Å². The molecule has 0 unspecified atom stereocenters. The van der Waals surface area contributed by atoms with E-state index >= 15 is 0 Å². The fourth-order valence-corrected chi connectivity index (χ4v) is 3.82. The monoisotopic (exact) mass is 405 g/mol. The number of aliphatic hydroxyl groups is 1. The Balaban J connectivity index is 1.60. The van der Waals surface area contributed by atoms with Crippen LogP contribution in [-0.2, 0) is 6.54 Å². The number of benzene rings is 2. The summed E-state index contributed by atoms with van der Waals surface area (Å²) in [5.74, 6) is 6.99. The van der Waals surface area contributed by atoms with Crippen molar-refractivity contribution in [3.63, 3.8) is 0 Å². The second kappa shape index (κ2) is 11.0. The molecule has 158 valence electrons. The van der Waals surface area contributed by atoms with Gasteiger partial charge in [0.1, 0.15) is 5.75 Å². The van der Waals surface area contributed by atoms with Gasteiger partial charge >= 0.3 is 0 Å². The third-order valence-electron chi connectivity index (χ3n) is 5.20. The van der Waals surface area contributed by atoms with Gasteiger partial charge in [0.25, 0.3) is 0 Å². The molecule has 0 spiro atoms. The first-order chi connectivity index (χ1) is 14.5. The Kier molecular flexibility index (Phi) is 8.07. The lowest BCUT2D eigenvalue weighted by Gasteiger charge is -2.32. The largest absolute Gasteiger partial charge is 0.491 e. The molecule has 4 nitrogen and oxygen atoms in total. The molecule has 2 aromatic rings. The van der Waals surface area contributed by atoms with Gasteiger partial charge in [-0.3, -0.25) is 9.69 Å². The molecule has 1 atom stereocenters. The van der Waals surface area contributed by atoms with E-state index in [1.54, 1.807) is 0 Å². The van der Waals surface area contributed by atoms with Crippen molar-refractivity contribution in [1.82, 2.24) is 4.90 Å². The lowest BCUT2D eigenvalue weighted by molar-refractivity contribution is 0.0811. The minimum absolute atomic E-state index is 0.0247. The Hall–Kier alpha value is -2.61. The number of ether oxygens (including phenoxy) is 1. The van der Waals surface area contributed by atoms with Crippen molar-refractivity contribution >= 4 is 5.78 Å². The van der Waals surface area contributed by atoms with E-state index in [0.717, 1.165) is 49.4 Å². The Morgan fingerprint density at radius 1 is 1.23 bits per heavy atom. The van der Waals surface area contributed by atoms with Crippen molar-refractivity contribution < 1.29 is 14.6 Å². The highest BCUT2D eigenvalue weighted by atomic mass is 16.5. The van der Waals surface area contributed by atoms with Crippen LogP contribution in [0.25, 0.3) is 0 Å². The molecular weight excluding hydrogens is 374 g/mol. The van der Waals surface area contributed by atoms with Crippen LogP contribution >= 0.6 is 0 Å². The summed E-state index contributed by atoms with van der Waals surface area (Å²) >= 11 is 0. The highest BCUT2D eigenvalue weighted by Crippen LogP contribution is 2.24. The van der Waals surface area contributed by atoms with Gasteiger partial charge in [0, 0.05) is 36.6 Å². The van der Waals surface area contributed by atoms with E-state index in [2.05, 4.69) is 28.9 Å². The zero-order chi connectivity index (χ0) is 21.3. The van der Waals surface area contributed by atoms with Crippen LogP contribution in [0, 0.1) is 17.8 Å². The zero-order valence-electron chi connectivity index (χ0n) is 17.9. The van der Waals surface area contributed by atoms with E-state index < -0.39 is 0 Å². The van der Waals surface area contributed by atoms with Crippen LogP contribution in [0.15, 0.2) is 48.5 Å². The van der Waals surface area contributed by atoms with E-state index in [0.29, 0.717) is 6.42 Å². The molecule has 4 heteroatoms. The van der Waals surface area contributed by atoms with Crippen molar-refractivity contribution in [1.29, 1.82) is 0 Å². The van der Waals surface area contributed by atoms with Crippen LogP contribution in [0.4, 0.5) is 0 Å². The molecule has 0 aromatic heterocycles. The Morgan fingerprint density at radius 2 is 2.03 bits per heavy atom. The summed E-state index contributed by atoms with van der Waals surface area (Å²) in [6.45, 7) is 6.70. The SMILES string of the molecule is CC(C)Oc1cccc(C(=O)[C@@H]2CCCN(Cc3ccc(C#CCCO)cc3)C2)c1. The van der Waals surface area contributed by atoms with Gasteiger partial charge in [-0.15, -0.1) is 0 Å². The molecule has 1 aliphatic rings. The average molecular weight is 406 g/mol. The molecule has 2 aromatic carbocycles. The van der Waals surface area contributed by atoms with Crippen LogP contribution in [-0.4, -0.2) is 41.6 Å². The van der Waals surface area contributed by atoms with Crippen LogP contribution in [0.3, 0.4) is 0 Å². The number of aliphatic hydroxyl groups excluding tert-OH is 1. The van der Waals surface area contributed by atoms with Crippen molar-refractivity contribution in [3.05, 3.63) is 65.2 Å². The molecule has 30 heavy (non-hydrogen) atoms. The summed E-state index contributed by atoms with van der Waals surface area (Å²) in [5, 5.41) is 8.81. The quantitative estimate of drug-likeness (QED) is 0.551. The standard InChI is InChI=1S/C26H31NO3/c1-20(2)30-25-10-5-8-23(17-25)26(29)24-9-6-15-27(19-24)18-22-13-11-21(12-14-22)7-3-4-16-28/h5,8,10-14,17,20,24,28H,4,6,9,15-16,18-19H2,1-2H3/t24-/m1/s1. The topological polar surface area (TPSA) is 49.8 Å². The molecule has 1 aliphatic heterocycles. The molecular formula is C26H31NO3. The van der Waals surface area contributed by atoms with Crippen LogP contribution in [0.1, 0.15) is 54.6 Å². The molecule has 1 heterocycles. The average Bonchev–Trinajstić information content (AvgIpc) is 2.74. The van der Waals surface area contributed by atoms with Crippen molar-refractivity contribution in [2.24, 2.45) is 5.92 Å². The van der Waals surface area contributed by atoms with E-state index in [-0.39, 0.29) is 24.4 Å². The number of hydrogen-bond acceptors (Lipinski definition) is 4. The minimum Gasteiger partial charge on any atom is -0.491 e. The van der Waals surface area contributed by atoms with Crippen LogP contribution in [0.5, 0.6) is 5.75 Å². The summed E-state index contributed by atoms with van der Waals surface area (Å²) < 4.78 is 5.75. The van der Waals surface area contributed by atoms with Crippen LogP contribution < -0.4 is 4.74 Å². The molecule has 0 radical (unpaired) electrons. The smallest absolute Gasteiger partial charge is 0.167 e. The predicted molar refractivity (Wildman–Crippen MR) is 120 cm³/mol. The second-order valence-electron chi connectivity index (χ2n) is 8.11. The number of piperidine rings is 1. The third kappa shape index (κ3) is 6.45. The zero-order valence-corrected chi connectivity index (χ0v) is 17.9. The maximum atomic E-state index is 13.1. The van der Waals surface area contributed by atoms with Gasteiger partial charge in [-0.05, 0) is 63.1 Å². The first-order valence-electron chi connectivity index (χ1n) is 10.8. The molecule has 1 fully saturated rings. The van der Waals surface area contributed by atoms with Crippen LogP contribution in [0.2, 0.25) is 0 Å². The molecule has 0 bridgehead atoms. The van der Waals surface area contributed by atoms with E-state index in [1.165, 1.54) is 5.56 Å². The van der Waals surface area contributed by atoms with Gasteiger partial charge in [0.2, 0.25) is 0 Å².